The number of nitrogens with one attached hydrogen (secondary N) is 1. The molecule has 0 fully saturated rings. The zero-order chi connectivity index (χ0) is 15.2. The molecule has 1 N–H and O–H groups in total. The van der Waals surface area contributed by atoms with E-state index in [9.17, 15) is 4.79 Å². The maximum Gasteiger partial charge on any atom is 0.323 e. The highest BCUT2D eigenvalue weighted by Crippen LogP contribution is 2.15. The van der Waals surface area contributed by atoms with Gasteiger partial charge in [0.1, 0.15) is 17.4 Å². The SMILES string of the molecule is CCNC(Cc1ccc(OC)cc1)C(=O)OC(C)(C)C. The highest BCUT2D eigenvalue weighted by Gasteiger charge is 2.24. The zero-order valence-electron chi connectivity index (χ0n) is 13.0. The molecule has 0 saturated carbocycles. The van der Waals surface area contributed by atoms with Crippen LogP contribution in [0.5, 0.6) is 5.75 Å². The minimum Gasteiger partial charge on any atom is -0.497 e. The summed E-state index contributed by atoms with van der Waals surface area (Å²) in [5.41, 5.74) is 0.604. The fourth-order valence-electron chi connectivity index (χ4n) is 1.86. The molecule has 0 heterocycles. The molecule has 112 valence electrons. The van der Waals surface area contributed by atoms with Crippen molar-refractivity contribution < 1.29 is 14.3 Å². The molecule has 0 saturated heterocycles. The molecule has 1 rings (SSSR count). The summed E-state index contributed by atoms with van der Waals surface area (Å²) in [6.45, 7) is 8.33. The normalized spacial score (nSPS) is 12.8. The van der Waals surface area contributed by atoms with Crippen molar-refractivity contribution in [2.45, 2.75) is 45.8 Å². The van der Waals surface area contributed by atoms with Crippen LogP contribution in [0.4, 0.5) is 0 Å². The Morgan fingerprint density at radius 3 is 2.30 bits per heavy atom. The molecule has 0 aliphatic carbocycles. The van der Waals surface area contributed by atoms with Gasteiger partial charge in [-0.2, -0.15) is 0 Å². The summed E-state index contributed by atoms with van der Waals surface area (Å²) in [5, 5.41) is 3.18. The maximum atomic E-state index is 12.2. The first-order chi connectivity index (χ1) is 9.35. The van der Waals surface area contributed by atoms with E-state index < -0.39 is 5.60 Å². The Bertz CT molecular complexity index is 420. The van der Waals surface area contributed by atoms with Gasteiger partial charge in [0.2, 0.25) is 0 Å². The Morgan fingerprint density at radius 2 is 1.85 bits per heavy atom. The molecule has 20 heavy (non-hydrogen) atoms. The maximum absolute atomic E-state index is 12.2. The van der Waals surface area contributed by atoms with E-state index in [1.807, 2.05) is 52.0 Å². The Labute approximate surface area is 121 Å². The van der Waals surface area contributed by atoms with Crippen LogP contribution in [-0.2, 0) is 16.0 Å². The number of ether oxygens (including phenoxy) is 2. The van der Waals surface area contributed by atoms with Gasteiger partial charge in [-0.15, -0.1) is 0 Å². The summed E-state index contributed by atoms with van der Waals surface area (Å²) in [7, 11) is 1.64. The molecule has 4 heteroatoms. The predicted octanol–water partition coefficient (Wildman–Crippen LogP) is 2.56. The van der Waals surface area contributed by atoms with Crippen molar-refractivity contribution in [1.29, 1.82) is 0 Å². The van der Waals surface area contributed by atoms with Crippen LogP contribution in [-0.4, -0.2) is 31.3 Å². The number of carbonyl (C=O) groups is 1. The summed E-state index contributed by atoms with van der Waals surface area (Å²) >= 11 is 0. The lowest BCUT2D eigenvalue weighted by Gasteiger charge is -2.24. The Kier molecular flexibility index (Phi) is 6.02. The van der Waals surface area contributed by atoms with Crippen LogP contribution in [0, 0.1) is 0 Å². The largest absolute Gasteiger partial charge is 0.497 e. The lowest BCUT2D eigenvalue weighted by Crippen LogP contribution is -2.42. The fourth-order valence-corrected chi connectivity index (χ4v) is 1.86. The number of hydrogen-bond acceptors (Lipinski definition) is 4. The average Bonchev–Trinajstić information content (AvgIpc) is 2.37. The lowest BCUT2D eigenvalue weighted by molar-refractivity contribution is -0.157. The van der Waals surface area contributed by atoms with E-state index in [-0.39, 0.29) is 12.0 Å². The third kappa shape index (κ3) is 5.61. The molecule has 0 spiro atoms. The molecule has 0 amide bonds. The second-order valence-corrected chi connectivity index (χ2v) is 5.70. The Hall–Kier alpha value is -1.55. The smallest absolute Gasteiger partial charge is 0.323 e. The highest BCUT2D eigenvalue weighted by atomic mass is 16.6. The van der Waals surface area contributed by atoms with Crippen LogP contribution < -0.4 is 10.1 Å². The molecule has 1 aromatic carbocycles. The minimum atomic E-state index is -0.468. The van der Waals surface area contributed by atoms with Crippen LogP contribution in [0.1, 0.15) is 33.3 Å². The second kappa shape index (κ2) is 7.29. The van der Waals surface area contributed by atoms with Crippen molar-refractivity contribution in [1.82, 2.24) is 5.32 Å². The molecule has 1 aromatic rings. The first kappa shape index (κ1) is 16.5. The number of benzene rings is 1. The number of hydrogen-bond donors (Lipinski definition) is 1. The van der Waals surface area contributed by atoms with Gasteiger partial charge in [-0.3, -0.25) is 4.79 Å². The Morgan fingerprint density at radius 1 is 1.25 bits per heavy atom. The summed E-state index contributed by atoms with van der Waals surface area (Å²) in [5.74, 6) is 0.598. The standard InChI is InChI=1S/C16H25NO3/c1-6-17-14(15(18)20-16(2,3)4)11-12-7-9-13(19-5)10-8-12/h7-10,14,17H,6,11H2,1-5H3. The summed E-state index contributed by atoms with van der Waals surface area (Å²) in [6, 6.07) is 7.40. The van der Waals surface area contributed by atoms with Gasteiger partial charge < -0.3 is 14.8 Å². The first-order valence-corrected chi connectivity index (χ1v) is 6.95. The molecule has 1 unspecified atom stereocenters. The molecule has 0 radical (unpaired) electrons. The van der Waals surface area contributed by atoms with E-state index >= 15 is 0 Å². The zero-order valence-corrected chi connectivity index (χ0v) is 13.0. The monoisotopic (exact) mass is 279 g/mol. The van der Waals surface area contributed by atoms with E-state index in [1.165, 1.54) is 0 Å². The van der Waals surface area contributed by atoms with Crippen LogP contribution in [0.2, 0.25) is 0 Å². The van der Waals surface area contributed by atoms with Gasteiger partial charge in [0.15, 0.2) is 0 Å². The van der Waals surface area contributed by atoms with Crippen molar-refractivity contribution in [2.24, 2.45) is 0 Å². The van der Waals surface area contributed by atoms with E-state index in [0.717, 1.165) is 17.9 Å². The Balaban J connectivity index is 2.72. The quantitative estimate of drug-likeness (QED) is 0.813. The molecule has 0 aromatic heterocycles. The van der Waals surface area contributed by atoms with Crippen molar-refractivity contribution in [3.05, 3.63) is 29.8 Å². The molecule has 0 aliphatic rings. The van der Waals surface area contributed by atoms with Crippen molar-refractivity contribution in [3.8, 4) is 5.75 Å². The van der Waals surface area contributed by atoms with Crippen LogP contribution in [0.25, 0.3) is 0 Å². The van der Waals surface area contributed by atoms with Gasteiger partial charge in [0.05, 0.1) is 7.11 Å². The van der Waals surface area contributed by atoms with Gasteiger partial charge >= 0.3 is 5.97 Å². The van der Waals surface area contributed by atoms with Crippen LogP contribution >= 0.6 is 0 Å². The predicted molar refractivity (Wildman–Crippen MR) is 80.0 cm³/mol. The third-order valence-corrected chi connectivity index (χ3v) is 2.74. The molecule has 0 aliphatic heterocycles. The number of likely N-dealkylation sites (N-methyl/N-ethyl adjacent to an activating group) is 1. The fraction of sp³-hybridized carbons (Fsp3) is 0.562. The molecular formula is C16H25NO3. The lowest BCUT2D eigenvalue weighted by atomic mass is 10.1. The average molecular weight is 279 g/mol. The minimum absolute atomic E-state index is 0.213. The van der Waals surface area contributed by atoms with E-state index in [0.29, 0.717) is 6.42 Å². The number of carbonyl (C=O) groups excluding carboxylic acids is 1. The number of rotatable bonds is 6. The van der Waals surface area contributed by atoms with E-state index in [2.05, 4.69) is 5.32 Å². The summed E-state index contributed by atoms with van der Waals surface area (Å²) < 4.78 is 10.6. The van der Waals surface area contributed by atoms with E-state index in [4.69, 9.17) is 9.47 Å². The first-order valence-electron chi connectivity index (χ1n) is 6.95. The topological polar surface area (TPSA) is 47.6 Å². The highest BCUT2D eigenvalue weighted by molar-refractivity contribution is 5.76. The van der Waals surface area contributed by atoms with Crippen molar-refractivity contribution >= 4 is 5.97 Å². The number of methoxy groups -OCH3 is 1. The van der Waals surface area contributed by atoms with Crippen molar-refractivity contribution in [3.63, 3.8) is 0 Å². The van der Waals surface area contributed by atoms with Crippen molar-refractivity contribution in [2.75, 3.05) is 13.7 Å². The van der Waals surface area contributed by atoms with Gasteiger partial charge in [0.25, 0.3) is 0 Å². The van der Waals surface area contributed by atoms with Crippen LogP contribution in [0.3, 0.4) is 0 Å². The van der Waals surface area contributed by atoms with Gasteiger partial charge in [-0.1, -0.05) is 19.1 Å². The second-order valence-electron chi connectivity index (χ2n) is 5.70. The number of esters is 1. The molecule has 1 atom stereocenters. The van der Waals surface area contributed by atoms with E-state index in [1.54, 1.807) is 7.11 Å². The molecule has 4 nitrogen and oxygen atoms in total. The third-order valence-electron chi connectivity index (χ3n) is 2.74. The summed E-state index contributed by atoms with van der Waals surface area (Å²) in [4.78, 5) is 12.2. The molecule has 0 bridgehead atoms. The summed E-state index contributed by atoms with van der Waals surface area (Å²) in [6.07, 6.45) is 0.604. The van der Waals surface area contributed by atoms with Gasteiger partial charge in [0, 0.05) is 0 Å². The van der Waals surface area contributed by atoms with Crippen LogP contribution in [0.15, 0.2) is 24.3 Å². The van der Waals surface area contributed by atoms with Gasteiger partial charge in [-0.25, -0.2) is 0 Å². The molecular weight excluding hydrogens is 254 g/mol. The van der Waals surface area contributed by atoms with Gasteiger partial charge in [-0.05, 0) is 51.4 Å².